The second-order valence-electron chi connectivity index (χ2n) is 4.39. The second-order valence-corrected chi connectivity index (χ2v) is 5.30. The monoisotopic (exact) mass is 347 g/mol. The number of nitrogens with one attached hydrogen (secondary N) is 1. The maximum atomic E-state index is 12.9. The molecule has 0 saturated carbocycles. The fourth-order valence-electron chi connectivity index (χ4n) is 1.85. The zero-order valence-electron chi connectivity index (χ0n) is 10.7. The first kappa shape index (κ1) is 14.9. The highest BCUT2D eigenvalue weighted by Crippen LogP contribution is 2.36. The minimum Gasteiger partial charge on any atom is -0.384 e. The maximum Gasteiger partial charge on any atom is 0.418 e. The van der Waals surface area contributed by atoms with Crippen molar-refractivity contribution in [2.45, 2.75) is 12.6 Å². The topological polar surface area (TPSA) is 29.9 Å². The molecule has 3 nitrogen and oxygen atoms in total. The SMILES string of the molecule is Cn1cc(CCNc2cc(Br)ccc2C(F)(F)F)cn1. The van der Waals surface area contributed by atoms with Gasteiger partial charge in [0.1, 0.15) is 0 Å². The lowest BCUT2D eigenvalue weighted by Crippen LogP contribution is -2.12. The summed E-state index contributed by atoms with van der Waals surface area (Å²) in [7, 11) is 1.80. The summed E-state index contributed by atoms with van der Waals surface area (Å²) in [5, 5.41) is 6.85. The van der Waals surface area contributed by atoms with Gasteiger partial charge in [-0.15, -0.1) is 0 Å². The van der Waals surface area contributed by atoms with Crippen LogP contribution in [0.3, 0.4) is 0 Å². The van der Waals surface area contributed by atoms with Crippen LogP contribution >= 0.6 is 15.9 Å². The second kappa shape index (κ2) is 5.87. The molecule has 0 atom stereocenters. The quantitative estimate of drug-likeness (QED) is 0.910. The lowest BCUT2D eigenvalue weighted by molar-refractivity contribution is -0.136. The first-order valence-electron chi connectivity index (χ1n) is 5.94. The van der Waals surface area contributed by atoms with Crippen molar-refractivity contribution in [3.63, 3.8) is 0 Å². The van der Waals surface area contributed by atoms with Gasteiger partial charge in [0.05, 0.1) is 11.8 Å². The Morgan fingerprint density at radius 3 is 2.70 bits per heavy atom. The minimum absolute atomic E-state index is 0.0794. The number of aryl methyl sites for hydroxylation is 1. The van der Waals surface area contributed by atoms with Gasteiger partial charge in [-0.3, -0.25) is 4.68 Å². The first-order chi connectivity index (χ1) is 9.36. The molecule has 7 heteroatoms. The lowest BCUT2D eigenvalue weighted by atomic mass is 10.1. The standard InChI is InChI=1S/C13H13BrF3N3/c1-20-8-9(7-19-20)4-5-18-12-6-10(14)2-3-11(12)13(15,16)17/h2-3,6-8,18H,4-5H2,1H3. The highest BCUT2D eigenvalue weighted by Gasteiger charge is 2.33. The number of rotatable bonds is 4. The molecule has 2 aromatic rings. The van der Waals surface area contributed by atoms with E-state index in [0.29, 0.717) is 17.4 Å². The number of alkyl halides is 3. The van der Waals surface area contributed by atoms with E-state index in [-0.39, 0.29) is 5.69 Å². The van der Waals surface area contributed by atoms with Crippen molar-refractivity contribution < 1.29 is 13.2 Å². The Morgan fingerprint density at radius 1 is 1.35 bits per heavy atom. The van der Waals surface area contributed by atoms with Crippen molar-refractivity contribution in [3.05, 3.63) is 46.2 Å². The van der Waals surface area contributed by atoms with Gasteiger partial charge in [0.25, 0.3) is 0 Å². The molecule has 1 aromatic heterocycles. The van der Waals surface area contributed by atoms with Gasteiger partial charge >= 0.3 is 6.18 Å². The van der Waals surface area contributed by atoms with Crippen LogP contribution in [0.4, 0.5) is 18.9 Å². The summed E-state index contributed by atoms with van der Waals surface area (Å²) in [4.78, 5) is 0. The predicted molar refractivity (Wildman–Crippen MR) is 74.5 cm³/mol. The average Bonchev–Trinajstić information content (AvgIpc) is 2.73. The Morgan fingerprint density at radius 2 is 2.10 bits per heavy atom. The van der Waals surface area contributed by atoms with Crippen LogP contribution in [0.5, 0.6) is 0 Å². The normalized spacial score (nSPS) is 11.7. The molecule has 1 aromatic carbocycles. The fraction of sp³-hybridized carbons (Fsp3) is 0.308. The van der Waals surface area contributed by atoms with Crippen LogP contribution in [-0.4, -0.2) is 16.3 Å². The largest absolute Gasteiger partial charge is 0.418 e. The zero-order valence-corrected chi connectivity index (χ0v) is 12.3. The molecular weight excluding hydrogens is 335 g/mol. The Hall–Kier alpha value is -1.50. The molecule has 0 bridgehead atoms. The molecule has 0 amide bonds. The number of halogens is 4. The molecule has 0 unspecified atom stereocenters. The van der Waals surface area contributed by atoms with Crippen LogP contribution in [0.2, 0.25) is 0 Å². The summed E-state index contributed by atoms with van der Waals surface area (Å²) in [5.41, 5.74) is 0.395. The summed E-state index contributed by atoms with van der Waals surface area (Å²) in [6.07, 6.45) is -0.213. The van der Waals surface area contributed by atoms with Gasteiger partial charge in [-0.25, -0.2) is 0 Å². The van der Waals surface area contributed by atoms with E-state index < -0.39 is 11.7 Å². The van der Waals surface area contributed by atoms with Crippen molar-refractivity contribution in [1.82, 2.24) is 9.78 Å². The molecule has 0 saturated heterocycles. The maximum absolute atomic E-state index is 12.9. The molecule has 0 fully saturated rings. The molecule has 20 heavy (non-hydrogen) atoms. The van der Waals surface area contributed by atoms with Crippen LogP contribution in [0, 0.1) is 0 Å². The van der Waals surface area contributed by atoms with Gasteiger partial charge in [-0.05, 0) is 30.2 Å². The number of hydrogen-bond donors (Lipinski definition) is 1. The molecule has 0 aliphatic heterocycles. The first-order valence-corrected chi connectivity index (χ1v) is 6.74. The van der Waals surface area contributed by atoms with Crippen molar-refractivity contribution in [2.24, 2.45) is 7.05 Å². The van der Waals surface area contributed by atoms with Gasteiger partial charge in [0, 0.05) is 29.9 Å². The summed E-state index contributed by atoms with van der Waals surface area (Å²) in [5.74, 6) is 0. The predicted octanol–water partition coefficient (Wildman–Crippen LogP) is 3.86. The Bertz CT molecular complexity index is 593. The zero-order chi connectivity index (χ0) is 14.8. The molecule has 0 spiro atoms. The van der Waals surface area contributed by atoms with Crippen LogP contribution in [0.1, 0.15) is 11.1 Å². The Balaban J connectivity index is 2.06. The summed E-state index contributed by atoms with van der Waals surface area (Å²) in [6.45, 7) is 0.408. The van der Waals surface area contributed by atoms with E-state index >= 15 is 0 Å². The van der Waals surface area contributed by atoms with Crippen molar-refractivity contribution >= 4 is 21.6 Å². The average molecular weight is 348 g/mol. The number of benzene rings is 1. The molecule has 0 radical (unpaired) electrons. The summed E-state index contributed by atoms with van der Waals surface area (Å²) < 4.78 is 40.9. The Labute approximate surface area is 122 Å². The van der Waals surface area contributed by atoms with Crippen molar-refractivity contribution in [1.29, 1.82) is 0 Å². The molecular formula is C13H13BrF3N3. The van der Waals surface area contributed by atoms with Crippen LogP contribution in [-0.2, 0) is 19.6 Å². The lowest BCUT2D eigenvalue weighted by Gasteiger charge is -2.14. The van der Waals surface area contributed by atoms with Crippen molar-refractivity contribution in [3.8, 4) is 0 Å². The molecule has 0 aliphatic rings. The molecule has 0 aliphatic carbocycles. The van der Waals surface area contributed by atoms with Crippen LogP contribution in [0.15, 0.2) is 35.1 Å². The van der Waals surface area contributed by atoms with Crippen LogP contribution in [0.25, 0.3) is 0 Å². The highest BCUT2D eigenvalue weighted by molar-refractivity contribution is 9.10. The van der Waals surface area contributed by atoms with Gasteiger partial charge < -0.3 is 5.32 Å². The summed E-state index contributed by atoms with van der Waals surface area (Å²) in [6, 6.07) is 3.89. The molecule has 1 N–H and O–H groups in total. The van der Waals surface area contributed by atoms with Gasteiger partial charge in [-0.1, -0.05) is 15.9 Å². The molecule has 2 rings (SSSR count). The van der Waals surface area contributed by atoms with E-state index in [9.17, 15) is 13.2 Å². The van der Waals surface area contributed by atoms with Crippen LogP contribution < -0.4 is 5.32 Å². The number of nitrogens with zero attached hydrogens (tertiary/aromatic N) is 2. The highest BCUT2D eigenvalue weighted by atomic mass is 79.9. The van der Waals surface area contributed by atoms with E-state index in [1.54, 1.807) is 17.9 Å². The third kappa shape index (κ3) is 3.75. The molecule has 1 heterocycles. The van der Waals surface area contributed by atoms with E-state index in [0.717, 1.165) is 11.6 Å². The van der Waals surface area contributed by atoms with Gasteiger partial charge in [-0.2, -0.15) is 18.3 Å². The van der Waals surface area contributed by atoms with Gasteiger partial charge in [0.2, 0.25) is 0 Å². The fourth-order valence-corrected chi connectivity index (χ4v) is 2.21. The third-order valence-corrected chi connectivity index (χ3v) is 3.27. The number of aromatic nitrogens is 2. The smallest absolute Gasteiger partial charge is 0.384 e. The van der Waals surface area contributed by atoms with Crippen molar-refractivity contribution in [2.75, 3.05) is 11.9 Å². The molecule has 108 valence electrons. The number of hydrogen-bond acceptors (Lipinski definition) is 2. The van der Waals surface area contributed by atoms with Gasteiger partial charge in [0.15, 0.2) is 0 Å². The van der Waals surface area contributed by atoms with E-state index in [1.807, 2.05) is 6.20 Å². The Kier molecular flexibility index (Phi) is 4.37. The van der Waals surface area contributed by atoms with E-state index in [2.05, 4.69) is 26.3 Å². The third-order valence-electron chi connectivity index (χ3n) is 2.77. The summed E-state index contributed by atoms with van der Waals surface area (Å²) >= 11 is 3.18. The number of anilines is 1. The van der Waals surface area contributed by atoms with E-state index in [1.165, 1.54) is 12.1 Å². The van der Waals surface area contributed by atoms with E-state index in [4.69, 9.17) is 0 Å². The minimum atomic E-state index is -4.36.